The molecular formula is C14H17ClN2O4. The van der Waals surface area contributed by atoms with E-state index in [1.54, 1.807) is 19.1 Å². The number of benzene rings is 1. The second-order valence-electron chi connectivity index (χ2n) is 4.90. The van der Waals surface area contributed by atoms with E-state index in [1.807, 2.05) is 4.90 Å². The monoisotopic (exact) mass is 312 g/mol. The zero-order valence-electron chi connectivity index (χ0n) is 11.8. The van der Waals surface area contributed by atoms with Gasteiger partial charge < -0.3 is 9.64 Å². The van der Waals surface area contributed by atoms with E-state index in [9.17, 15) is 14.9 Å². The lowest BCUT2D eigenvalue weighted by Crippen LogP contribution is -2.37. The highest BCUT2D eigenvalue weighted by Crippen LogP contribution is 2.33. The number of anilines is 1. The molecule has 0 aromatic heterocycles. The summed E-state index contributed by atoms with van der Waals surface area (Å²) in [6, 6.07) is 4.65. The Morgan fingerprint density at radius 2 is 2.14 bits per heavy atom. The predicted octanol–water partition coefficient (Wildman–Crippen LogP) is 3.03. The van der Waals surface area contributed by atoms with Gasteiger partial charge >= 0.3 is 5.97 Å². The molecule has 0 spiro atoms. The highest BCUT2D eigenvalue weighted by molar-refractivity contribution is 6.30. The van der Waals surface area contributed by atoms with Gasteiger partial charge in [0.25, 0.3) is 5.69 Å². The van der Waals surface area contributed by atoms with Gasteiger partial charge in [0.05, 0.1) is 17.4 Å². The van der Waals surface area contributed by atoms with Crippen LogP contribution in [0.2, 0.25) is 5.02 Å². The van der Waals surface area contributed by atoms with Crippen molar-refractivity contribution in [1.82, 2.24) is 0 Å². The van der Waals surface area contributed by atoms with Crippen LogP contribution in [0.25, 0.3) is 0 Å². The van der Waals surface area contributed by atoms with Gasteiger partial charge in [0.2, 0.25) is 0 Å². The van der Waals surface area contributed by atoms with Crippen LogP contribution < -0.4 is 4.90 Å². The Balaban J connectivity index is 2.09. The molecule has 0 atom stereocenters. The van der Waals surface area contributed by atoms with E-state index in [1.165, 1.54) is 6.07 Å². The van der Waals surface area contributed by atoms with E-state index in [0.717, 1.165) is 0 Å². The van der Waals surface area contributed by atoms with Gasteiger partial charge in [0.1, 0.15) is 5.69 Å². The van der Waals surface area contributed by atoms with Crippen LogP contribution in [0.5, 0.6) is 0 Å². The topological polar surface area (TPSA) is 72.7 Å². The molecule has 0 saturated carbocycles. The van der Waals surface area contributed by atoms with Crippen molar-refractivity contribution in [1.29, 1.82) is 0 Å². The summed E-state index contributed by atoms with van der Waals surface area (Å²) < 4.78 is 5.02. The highest BCUT2D eigenvalue weighted by atomic mass is 35.5. The Labute approximate surface area is 127 Å². The van der Waals surface area contributed by atoms with E-state index in [4.69, 9.17) is 16.3 Å². The predicted molar refractivity (Wildman–Crippen MR) is 79.7 cm³/mol. The van der Waals surface area contributed by atoms with Crippen LogP contribution in [-0.2, 0) is 9.53 Å². The standard InChI is InChI=1S/C14H17ClN2O4/c1-2-21-14(18)10-5-7-16(8-6-10)12-4-3-11(15)9-13(12)17(19)20/h3-4,9-10H,2,5-8H2,1H3. The molecule has 1 aliphatic heterocycles. The number of rotatable bonds is 4. The van der Waals surface area contributed by atoms with Crippen LogP contribution >= 0.6 is 11.6 Å². The Morgan fingerprint density at radius 3 is 2.71 bits per heavy atom. The number of ether oxygens (including phenoxy) is 1. The van der Waals surface area contributed by atoms with Crippen molar-refractivity contribution in [3.8, 4) is 0 Å². The summed E-state index contributed by atoms with van der Waals surface area (Å²) in [5.74, 6) is -0.296. The fourth-order valence-corrected chi connectivity index (χ4v) is 2.69. The lowest BCUT2D eigenvalue weighted by molar-refractivity contribution is -0.384. The number of hydrogen-bond donors (Lipinski definition) is 0. The number of halogens is 1. The number of nitro groups is 1. The summed E-state index contributed by atoms with van der Waals surface area (Å²) in [4.78, 5) is 24.3. The zero-order chi connectivity index (χ0) is 15.4. The minimum atomic E-state index is -0.432. The smallest absolute Gasteiger partial charge is 0.309 e. The molecule has 1 aromatic carbocycles. The molecule has 0 N–H and O–H groups in total. The first-order valence-corrected chi connectivity index (χ1v) is 7.26. The van der Waals surface area contributed by atoms with Crippen molar-refractivity contribution in [2.45, 2.75) is 19.8 Å². The van der Waals surface area contributed by atoms with Gasteiger partial charge in [-0.3, -0.25) is 14.9 Å². The average molecular weight is 313 g/mol. The van der Waals surface area contributed by atoms with Gasteiger partial charge in [-0.2, -0.15) is 0 Å². The second-order valence-corrected chi connectivity index (χ2v) is 5.34. The maximum atomic E-state index is 11.7. The maximum absolute atomic E-state index is 11.7. The van der Waals surface area contributed by atoms with Crippen molar-refractivity contribution in [3.63, 3.8) is 0 Å². The SMILES string of the molecule is CCOC(=O)C1CCN(c2ccc(Cl)cc2[N+](=O)[O-])CC1. The summed E-state index contributed by atoms with van der Waals surface area (Å²) in [6.07, 6.45) is 1.28. The summed E-state index contributed by atoms with van der Waals surface area (Å²) in [7, 11) is 0. The van der Waals surface area contributed by atoms with Crippen molar-refractivity contribution in [2.75, 3.05) is 24.6 Å². The first kappa shape index (κ1) is 15.6. The molecule has 0 amide bonds. The Kier molecular flexibility index (Phi) is 5.01. The Hall–Kier alpha value is -1.82. The molecule has 2 rings (SSSR count). The van der Waals surface area contributed by atoms with Gasteiger partial charge in [-0.15, -0.1) is 0 Å². The molecule has 0 unspecified atom stereocenters. The number of nitro benzene ring substituents is 1. The highest BCUT2D eigenvalue weighted by Gasteiger charge is 2.29. The van der Waals surface area contributed by atoms with Gasteiger partial charge in [0, 0.05) is 24.2 Å². The Morgan fingerprint density at radius 1 is 1.48 bits per heavy atom. The molecular weight excluding hydrogens is 296 g/mol. The lowest BCUT2D eigenvalue weighted by atomic mass is 9.96. The van der Waals surface area contributed by atoms with Crippen LogP contribution in [0, 0.1) is 16.0 Å². The molecule has 1 aromatic rings. The fourth-order valence-electron chi connectivity index (χ4n) is 2.53. The minimum Gasteiger partial charge on any atom is -0.466 e. The van der Waals surface area contributed by atoms with E-state index < -0.39 is 4.92 Å². The van der Waals surface area contributed by atoms with Gasteiger partial charge in [-0.1, -0.05) is 11.6 Å². The molecule has 114 valence electrons. The zero-order valence-corrected chi connectivity index (χ0v) is 12.5. The van der Waals surface area contributed by atoms with Crippen LogP contribution in [-0.4, -0.2) is 30.6 Å². The molecule has 1 aliphatic rings. The maximum Gasteiger partial charge on any atom is 0.309 e. The summed E-state index contributed by atoms with van der Waals surface area (Å²) in [5, 5.41) is 11.5. The summed E-state index contributed by atoms with van der Waals surface area (Å²) >= 11 is 5.82. The first-order valence-electron chi connectivity index (χ1n) is 6.88. The minimum absolute atomic E-state index is 0.00270. The van der Waals surface area contributed by atoms with Crippen LogP contribution in [0.4, 0.5) is 11.4 Å². The molecule has 21 heavy (non-hydrogen) atoms. The number of esters is 1. The number of carbonyl (C=O) groups is 1. The van der Waals surface area contributed by atoms with Crippen molar-refractivity contribution < 1.29 is 14.5 Å². The van der Waals surface area contributed by atoms with Crippen molar-refractivity contribution >= 4 is 28.9 Å². The number of nitrogens with zero attached hydrogens (tertiary/aromatic N) is 2. The largest absolute Gasteiger partial charge is 0.466 e. The van der Waals surface area contributed by atoms with Gasteiger partial charge in [-0.25, -0.2) is 0 Å². The van der Waals surface area contributed by atoms with Gasteiger partial charge in [-0.05, 0) is 31.9 Å². The third-order valence-electron chi connectivity index (χ3n) is 3.59. The van der Waals surface area contributed by atoms with Crippen molar-refractivity contribution in [3.05, 3.63) is 33.3 Å². The molecule has 7 heteroatoms. The molecule has 1 fully saturated rings. The van der Waals surface area contributed by atoms with Crippen LogP contribution in [0.15, 0.2) is 18.2 Å². The summed E-state index contributed by atoms with van der Waals surface area (Å²) in [6.45, 7) is 3.34. The fraction of sp³-hybridized carbons (Fsp3) is 0.500. The number of piperidine rings is 1. The Bertz CT molecular complexity index is 542. The third kappa shape index (κ3) is 3.64. The number of hydrogen-bond acceptors (Lipinski definition) is 5. The normalized spacial score (nSPS) is 15.8. The second kappa shape index (κ2) is 6.76. The summed E-state index contributed by atoms with van der Waals surface area (Å²) in [5.41, 5.74) is 0.545. The first-order chi connectivity index (χ1) is 10.0. The molecule has 0 aliphatic carbocycles. The molecule has 0 radical (unpaired) electrons. The van der Waals surface area contributed by atoms with E-state index >= 15 is 0 Å². The van der Waals surface area contributed by atoms with E-state index in [-0.39, 0.29) is 17.6 Å². The molecule has 1 heterocycles. The number of carbonyl (C=O) groups excluding carboxylic acids is 1. The molecule has 1 saturated heterocycles. The lowest BCUT2D eigenvalue weighted by Gasteiger charge is -2.32. The van der Waals surface area contributed by atoms with Crippen LogP contribution in [0.1, 0.15) is 19.8 Å². The average Bonchev–Trinajstić information content (AvgIpc) is 2.47. The quantitative estimate of drug-likeness (QED) is 0.485. The third-order valence-corrected chi connectivity index (χ3v) is 3.82. The van der Waals surface area contributed by atoms with Crippen LogP contribution in [0.3, 0.4) is 0 Å². The molecule has 0 bridgehead atoms. The van der Waals surface area contributed by atoms with E-state index in [2.05, 4.69) is 0 Å². The van der Waals surface area contributed by atoms with Crippen molar-refractivity contribution in [2.24, 2.45) is 5.92 Å². The van der Waals surface area contributed by atoms with Gasteiger partial charge in [0.15, 0.2) is 0 Å². The molecule has 6 nitrogen and oxygen atoms in total. The van der Waals surface area contributed by atoms with E-state index in [0.29, 0.717) is 43.2 Å².